The van der Waals surface area contributed by atoms with Gasteiger partial charge in [-0.05, 0) is 45.5 Å². The zero-order valence-electron chi connectivity index (χ0n) is 22.7. The third kappa shape index (κ3) is 7.06. The topological polar surface area (TPSA) is 87.5 Å². The second-order valence-corrected chi connectivity index (χ2v) is 20.8. The molecule has 0 unspecified atom stereocenters. The zero-order valence-corrected chi connectivity index (χ0v) is 24.7. The minimum atomic E-state index is -2.89. The molecule has 1 N–H and O–H groups in total. The summed E-state index contributed by atoms with van der Waals surface area (Å²) in [6.07, 6.45) is -0.979. The predicted octanol–water partition coefficient (Wildman–Crippen LogP) is 6.01. The molecule has 0 saturated heterocycles. The van der Waals surface area contributed by atoms with E-state index in [0.717, 1.165) is 10.4 Å². The monoisotopic (exact) mass is 513 g/mol. The minimum absolute atomic E-state index is 0.0339. The maximum atomic E-state index is 11.4. The third-order valence-electron chi connectivity index (χ3n) is 7.17. The molecule has 0 amide bonds. The Kier molecular flexibility index (Phi) is 9.93. The Bertz CT molecular complexity index is 927. The molecule has 2 aromatic carbocycles. The lowest BCUT2D eigenvalue weighted by Crippen LogP contribution is -2.68. The standard InChI is InChI=1S/C27H43N3O3Si2/c1-26(2,3)34(7,8)32-21-24(31)25(19-20-29-30-28)33-35(27(4,5)6,22-15-11-9-12-16-22)23-17-13-10-14-18-23/h9-18,24-25,31H,19-21H2,1-8H3/t24-,25-/m1/s1. The van der Waals surface area contributed by atoms with Crippen LogP contribution < -0.4 is 10.4 Å². The van der Waals surface area contributed by atoms with Gasteiger partial charge in [-0.2, -0.15) is 0 Å². The van der Waals surface area contributed by atoms with Gasteiger partial charge in [0, 0.05) is 11.5 Å². The smallest absolute Gasteiger partial charge is 0.261 e. The van der Waals surface area contributed by atoms with Gasteiger partial charge in [-0.1, -0.05) is 107 Å². The van der Waals surface area contributed by atoms with Crippen molar-refractivity contribution in [2.75, 3.05) is 13.2 Å². The third-order valence-corrected chi connectivity index (χ3v) is 16.7. The lowest BCUT2D eigenvalue weighted by Gasteiger charge is -2.46. The highest BCUT2D eigenvalue weighted by Crippen LogP contribution is 2.39. The Balaban J connectivity index is 2.55. The van der Waals surface area contributed by atoms with E-state index in [2.05, 4.69) is 88.9 Å². The molecule has 0 aliphatic rings. The van der Waals surface area contributed by atoms with Crippen LogP contribution in [0.4, 0.5) is 0 Å². The number of aliphatic hydroxyl groups excluding tert-OH is 1. The van der Waals surface area contributed by atoms with Gasteiger partial charge in [0.1, 0.15) is 6.10 Å². The van der Waals surface area contributed by atoms with Gasteiger partial charge in [0.05, 0.1) is 12.7 Å². The van der Waals surface area contributed by atoms with Crippen molar-refractivity contribution in [1.29, 1.82) is 0 Å². The van der Waals surface area contributed by atoms with Gasteiger partial charge in [-0.3, -0.25) is 0 Å². The lowest BCUT2D eigenvalue weighted by molar-refractivity contribution is -0.00463. The van der Waals surface area contributed by atoms with Crippen LogP contribution in [0.2, 0.25) is 23.2 Å². The lowest BCUT2D eigenvalue weighted by atomic mass is 10.1. The van der Waals surface area contributed by atoms with Crippen LogP contribution in [0.1, 0.15) is 48.0 Å². The SMILES string of the molecule is CC(C)(C)[Si](C)(C)OC[C@@H](O)[C@@H](CCN=[N+]=[N-])O[Si](c1ccccc1)(c1ccccc1)C(C)(C)C. The van der Waals surface area contributed by atoms with Crippen LogP contribution in [0, 0.1) is 0 Å². The molecule has 2 atom stereocenters. The van der Waals surface area contributed by atoms with Crippen molar-refractivity contribution in [3.63, 3.8) is 0 Å². The van der Waals surface area contributed by atoms with Crippen molar-refractivity contribution in [2.24, 2.45) is 5.11 Å². The van der Waals surface area contributed by atoms with Gasteiger partial charge >= 0.3 is 0 Å². The number of benzene rings is 2. The molecule has 0 aromatic heterocycles. The Hall–Kier alpha value is -1.94. The molecule has 192 valence electrons. The summed E-state index contributed by atoms with van der Waals surface area (Å²) in [7, 11) is -4.95. The molecule has 0 bridgehead atoms. The first kappa shape index (κ1) is 29.3. The van der Waals surface area contributed by atoms with Crippen molar-refractivity contribution >= 4 is 27.0 Å². The van der Waals surface area contributed by atoms with Gasteiger partial charge in [0.15, 0.2) is 8.32 Å². The van der Waals surface area contributed by atoms with Crippen molar-refractivity contribution in [3.05, 3.63) is 71.1 Å². The van der Waals surface area contributed by atoms with Crippen molar-refractivity contribution < 1.29 is 14.0 Å². The molecular formula is C27H43N3O3Si2. The Morgan fingerprint density at radius 1 is 0.886 bits per heavy atom. The summed E-state index contributed by atoms with van der Waals surface area (Å²) in [4.78, 5) is 2.92. The van der Waals surface area contributed by atoms with Gasteiger partial charge in [-0.25, -0.2) is 0 Å². The van der Waals surface area contributed by atoms with E-state index in [4.69, 9.17) is 14.4 Å². The second kappa shape index (κ2) is 11.9. The molecule has 0 spiro atoms. The fourth-order valence-electron chi connectivity index (χ4n) is 4.10. The molecule has 0 fully saturated rings. The molecule has 6 nitrogen and oxygen atoms in total. The molecular weight excluding hydrogens is 470 g/mol. The minimum Gasteiger partial charge on any atom is -0.414 e. The highest BCUT2D eigenvalue weighted by Gasteiger charge is 2.52. The van der Waals surface area contributed by atoms with Crippen LogP contribution in [-0.4, -0.2) is 47.1 Å². The largest absolute Gasteiger partial charge is 0.414 e. The maximum absolute atomic E-state index is 11.4. The first-order valence-electron chi connectivity index (χ1n) is 12.4. The average molecular weight is 514 g/mol. The maximum Gasteiger partial charge on any atom is 0.261 e. The normalized spacial score (nSPS) is 14.8. The highest BCUT2D eigenvalue weighted by molar-refractivity contribution is 6.99. The van der Waals surface area contributed by atoms with E-state index in [1.54, 1.807) is 0 Å². The van der Waals surface area contributed by atoms with Gasteiger partial charge in [0.2, 0.25) is 0 Å². The van der Waals surface area contributed by atoms with Crippen LogP contribution in [0.3, 0.4) is 0 Å². The van der Waals surface area contributed by atoms with Crippen molar-refractivity contribution in [2.45, 2.75) is 83.3 Å². The number of hydrogen-bond acceptors (Lipinski definition) is 4. The van der Waals surface area contributed by atoms with E-state index >= 15 is 0 Å². The summed E-state index contributed by atoms with van der Waals surface area (Å²) in [5.74, 6) is 0. The molecule has 0 aliphatic heterocycles. The first-order valence-corrected chi connectivity index (χ1v) is 17.2. The highest BCUT2D eigenvalue weighted by atomic mass is 28.4. The first-order chi connectivity index (χ1) is 16.3. The van der Waals surface area contributed by atoms with Crippen LogP contribution >= 0.6 is 0 Å². The number of azide groups is 1. The average Bonchev–Trinajstić information content (AvgIpc) is 2.79. The Morgan fingerprint density at radius 3 is 1.77 bits per heavy atom. The van der Waals surface area contributed by atoms with Crippen LogP contribution in [0.15, 0.2) is 65.8 Å². The number of nitrogens with zero attached hydrogens (tertiary/aromatic N) is 3. The van der Waals surface area contributed by atoms with Crippen molar-refractivity contribution in [1.82, 2.24) is 0 Å². The second-order valence-electron chi connectivity index (χ2n) is 11.7. The Labute approximate surface area is 213 Å². The summed E-state index contributed by atoms with van der Waals surface area (Å²) >= 11 is 0. The van der Waals surface area contributed by atoms with Crippen LogP contribution in [0.25, 0.3) is 10.4 Å². The summed E-state index contributed by atoms with van der Waals surface area (Å²) in [5.41, 5.74) is 8.88. The van der Waals surface area contributed by atoms with E-state index in [1.807, 2.05) is 36.4 Å². The molecule has 2 rings (SSSR count). The quantitative estimate of drug-likeness (QED) is 0.173. The van der Waals surface area contributed by atoms with Crippen LogP contribution in [-0.2, 0) is 8.85 Å². The van der Waals surface area contributed by atoms with E-state index in [-0.39, 0.29) is 23.2 Å². The summed E-state index contributed by atoms with van der Waals surface area (Å²) < 4.78 is 13.6. The summed E-state index contributed by atoms with van der Waals surface area (Å²) in [6.45, 7) is 18.0. The number of rotatable bonds is 11. The summed E-state index contributed by atoms with van der Waals surface area (Å²) in [6, 6.07) is 20.7. The van der Waals surface area contributed by atoms with E-state index in [0.29, 0.717) is 6.42 Å². The fourth-order valence-corrected chi connectivity index (χ4v) is 9.86. The fraction of sp³-hybridized carbons (Fsp3) is 0.556. The van der Waals surface area contributed by atoms with Crippen LogP contribution in [0.5, 0.6) is 0 Å². The summed E-state index contributed by atoms with van der Waals surface area (Å²) in [5, 5.41) is 17.3. The molecule has 35 heavy (non-hydrogen) atoms. The van der Waals surface area contributed by atoms with Gasteiger partial charge < -0.3 is 14.0 Å². The molecule has 0 saturated carbocycles. The van der Waals surface area contributed by atoms with Crippen molar-refractivity contribution in [3.8, 4) is 0 Å². The zero-order chi connectivity index (χ0) is 26.3. The number of aliphatic hydroxyl groups is 1. The number of hydrogen-bond donors (Lipinski definition) is 1. The predicted molar refractivity (Wildman–Crippen MR) is 150 cm³/mol. The van der Waals surface area contributed by atoms with E-state index < -0.39 is 28.8 Å². The molecule has 0 heterocycles. The Morgan fingerprint density at radius 2 is 1.37 bits per heavy atom. The molecule has 0 radical (unpaired) electrons. The molecule has 0 aliphatic carbocycles. The van der Waals surface area contributed by atoms with E-state index in [9.17, 15) is 5.11 Å². The molecule has 2 aromatic rings. The molecule has 8 heteroatoms. The van der Waals surface area contributed by atoms with Gasteiger partial charge in [0.25, 0.3) is 8.32 Å². The van der Waals surface area contributed by atoms with Gasteiger partial charge in [-0.15, -0.1) is 0 Å². The van der Waals surface area contributed by atoms with E-state index in [1.165, 1.54) is 0 Å².